The van der Waals surface area contributed by atoms with Gasteiger partial charge in [0.25, 0.3) is 5.91 Å². The maximum absolute atomic E-state index is 13.3. The smallest absolute Gasteiger partial charge is 0.253 e. The third-order valence-corrected chi connectivity index (χ3v) is 6.78. The van der Waals surface area contributed by atoms with Crippen LogP contribution in [0.5, 0.6) is 0 Å². The summed E-state index contributed by atoms with van der Waals surface area (Å²) in [6, 6.07) is 7.96. The van der Waals surface area contributed by atoms with E-state index in [9.17, 15) is 9.59 Å². The lowest BCUT2D eigenvalue weighted by molar-refractivity contribution is -0.139. The van der Waals surface area contributed by atoms with Crippen molar-refractivity contribution in [2.24, 2.45) is 5.92 Å². The number of piperazine rings is 1. The van der Waals surface area contributed by atoms with Gasteiger partial charge in [-0.05, 0) is 56.7 Å². The van der Waals surface area contributed by atoms with Crippen LogP contribution in [0.3, 0.4) is 0 Å². The van der Waals surface area contributed by atoms with E-state index < -0.39 is 0 Å². The van der Waals surface area contributed by atoms with E-state index in [-0.39, 0.29) is 17.9 Å². The zero-order chi connectivity index (χ0) is 20.8. The van der Waals surface area contributed by atoms with Gasteiger partial charge in [0.15, 0.2) is 0 Å². The Morgan fingerprint density at radius 2 is 1.55 bits per heavy atom. The van der Waals surface area contributed by atoms with Gasteiger partial charge in [-0.25, -0.2) is 0 Å². The van der Waals surface area contributed by atoms with E-state index in [1.54, 1.807) is 0 Å². The van der Waals surface area contributed by atoms with Crippen LogP contribution in [-0.4, -0.2) is 71.8 Å². The van der Waals surface area contributed by atoms with E-state index in [4.69, 9.17) is 0 Å². The standard InChI is InChI=1S/C24H37N3O2/c1-4-19-11-13-21(14-12-19)23(28)27-17-15-26(16-18-27)22(20-9-7-8-10-20)24(29)25(5-2)6-3/h11-14,20,22H,4-10,15-18H2,1-3H3. The molecule has 1 atom stereocenters. The molecule has 29 heavy (non-hydrogen) atoms. The Bertz CT molecular complexity index is 670. The van der Waals surface area contributed by atoms with Crippen LogP contribution in [0.1, 0.15) is 62.4 Å². The van der Waals surface area contributed by atoms with Gasteiger partial charge in [0, 0.05) is 44.8 Å². The molecule has 5 nitrogen and oxygen atoms in total. The molecule has 1 saturated heterocycles. The summed E-state index contributed by atoms with van der Waals surface area (Å²) in [5.74, 6) is 0.864. The third-order valence-electron chi connectivity index (χ3n) is 6.78. The molecule has 1 aromatic rings. The van der Waals surface area contributed by atoms with Gasteiger partial charge < -0.3 is 9.80 Å². The van der Waals surface area contributed by atoms with Gasteiger partial charge in [-0.2, -0.15) is 0 Å². The van der Waals surface area contributed by atoms with Crippen LogP contribution in [0.25, 0.3) is 0 Å². The molecule has 0 radical (unpaired) electrons. The summed E-state index contributed by atoms with van der Waals surface area (Å²) in [6.45, 7) is 10.7. The van der Waals surface area contributed by atoms with E-state index in [1.165, 1.54) is 18.4 Å². The molecule has 160 valence electrons. The minimum absolute atomic E-state index is 0.0153. The summed E-state index contributed by atoms with van der Waals surface area (Å²) >= 11 is 0. The first-order chi connectivity index (χ1) is 14.1. The highest BCUT2D eigenvalue weighted by molar-refractivity contribution is 5.94. The number of hydrogen-bond donors (Lipinski definition) is 0. The van der Waals surface area contributed by atoms with Crippen molar-refractivity contribution in [3.05, 3.63) is 35.4 Å². The van der Waals surface area contributed by atoms with Crippen LogP contribution in [0, 0.1) is 5.92 Å². The number of hydrogen-bond acceptors (Lipinski definition) is 3. The molecular weight excluding hydrogens is 362 g/mol. The zero-order valence-electron chi connectivity index (χ0n) is 18.4. The predicted molar refractivity (Wildman–Crippen MR) is 117 cm³/mol. The topological polar surface area (TPSA) is 43.9 Å². The summed E-state index contributed by atoms with van der Waals surface area (Å²) in [4.78, 5) is 32.5. The maximum Gasteiger partial charge on any atom is 0.253 e. The van der Waals surface area contributed by atoms with E-state index in [1.807, 2.05) is 34.1 Å². The number of rotatable bonds is 7. The normalized spacial score (nSPS) is 19.3. The summed E-state index contributed by atoms with van der Waals surface area (Å²) in [7, 11) is 0. The number of aryl methyl sites for hydroxylation is 1. The fourth-order valence-electron chi connectivity index (χ4n) is 4.92. The van der Waals surface area contributed by atoms with Gasteiger partial charge in [-0.15, -0.1) is 0 Å². The molecule has 0 N–H and O–H groups in total. The summed E-state index contributed by atoms with van der Waals surface area (Å²) in [5.41, 5.74) is 2.02. The van der Waals surface area contributed by atoms with Crippen molar-refractivity contribution in [2.75, 3.05) is 39.3 Å². The number of amides is 2. The fourth-order valence-corrected chi connectivity index (χ4v) is 4.92. The minimum atomic E-state index is -0.0153. The molecule has 0 aromatic heterocycles. The Morgan fingerprint density at radius 1 is 0.966 bits per heavy atom. The predicted octanol–water partition coefficient (Wildman–Crippen LogP) is 3.43. The van der Waals surface area contributed by atoms with Crippen LogP contribution < -0.4 is 0 Å². The molecule has 1 aliphatic heterocycles. The van der Waals surface area contributed by atoms with Crippen LogP contribution >= 0.6 is 0 Å². The molecule has 1 unspecified atom stereocenters. The first-order valence-corrected chi connectivity index (χ1v) is 11.5. The SMILES string of the molecule is CCc1ccc(C(=O)N2CCN(C(C(=O)N(CC)CC)C3CCCC3)CC2)cc1. The molecule has 1 aromatic carbocycles. The molecule has 0 spiro atoms. The molecule has 2 amide bonds. The van der Waals surface area contributed by atoms with Crippen LogP contribution in [0.2, 0.25) is 0 Å². The Labute approximate surface area is 176 Å². The van der Waals surface area contributed by atoms with Gasteiger partial charge in [0.1, 0.15) is 0 Å². The van der Waals surface area contributed by atoms with Gasteiger partial charge >= 0.3 is 0 Å². The first kappa shape index (κ1) is 21.8. The van der Waals surface area contributed by atoms with Gasteiger partial charge in [0.2, 0.25) is 5.91 Å². The average molecular weight is 400 g/mol. The van der Waals surface area contributed by atoms with E-state index >= 15 is 0 Å². The second kappa shape index (κ2) is 10.2. The van der Waals surface area contributed by atoms with E-state index in [0.29, 0.717) is 19.0 Å². The summed E-state index contributed by atoms with van der Waals surface area (Å²) < 4.78 is 0. The van der Waals surface area contributed by atoms with Crippen molar-refractivity contribution in [2.45, 2.75) is 58.9 Å². The summed E-state index contributed by atoms with van der Waals surface area (Å²) in [5, 5.41) is 0. The lowest BCUT2D eigenvalue weighted by atomic mass is 9.94. The van der Waals surface area contributed by atoms with Crippen molar-refractivity contribution >= 4 is 11.8 Å². The third kappa shape index (κ3) is 5.00. The van der Waals surface area contributed by atoms with Crippen molar-refractivity contribution in [3.63, 3.8) is 0 Å². The maximum atomic E-state index is 13.3. The number of likely N-dealkylation sites (N-methyl/N-ethyl adjacent to an activating group) is 1. The van der Waals surface area contributed by atoms with Crippen LogP contribution in [0.15, 0.2) is 24.3 Å². The molecule has 2 aliphatic rings. The fraction of sp³-hybridized carbons (Fsp3) is 0.667. The Balaban J connectivity index is 1.65. The van der Waals surface area contributed by atoms with Crippen molar-refractivity contribution < 1.29 is 9.59 Å². The number of nitrogens with zero attached hydrogens (tertiary/aromatic N) is 3. The Kier molecular flexibility index (Phi) is 7.70. The van der Waals surface area contributed by atoms with Gasteiger partial charge in [-0.3, -0.25) is 14.5 Å². The second-order valence-electron chi connectivity index (χ2n) is 8.38. The Morgan fingerprint density at radius 3 is 2.07 bits per heavy atom. The quantitative estimate of drug-likeness (QED) is 0.706. The highest BCUT2D eigenvalue weighted by Crippen LogP contribution is 2.32. The number of carbonyl (C=O) groups is 2. The monoisotopic (exact) mass is 399 g/mol. The van der Waals surface area contributed by atoms with Crippen LogP contribution in [-0.2, 0) is 11.2 Å². The van der Waals surface area contributed by atoms with E-state index in [2.05, 4.69) is 25.7 Å². The zero-order valence-corrected chi connectivity index (χ0v) is 18.4. The molecule has 1 heterocycles. The van der Waals surface area contributed by atoms with Crippen molar-refractivity contribution in [1.29, 1.82) is 0 Å². The van der Waals surface area contributed by atoms with Gasteiger partial charge in [0.05, 0.1) is 6.04 Å². The Hall–Kier alpha value is -1.88. The lowest BCUT2D eigenvalue weighted by Crippen LogP contribution is -2.58. The minimum Gasteiger partial charge on any atom is -0.342 e. The largest absolute Gasteiger partial charge is 0.342 e. The highest BCUT2D eigenvalue weighted by atomic mass is 16.2. The van der Waals surface area contributed by atoms with Crippen LogP contribution in [0.4, 0.5) is 0 Å². The number of carbonyl (C=O) groups excluding carboxylic acids is 2. The summed E-state index contributed by atoms with van der Waals surface area (Å²) in [6.07, 6.45) is 5.76. The first-order valence-electron chi connectivity index (χ1n) is 11.5. The van der Waals surface area contributed by atoms with Crippen molar-refractivity contribution in [3.8, 4) is 0 Å². The number of benzene rings is 1. The molecule has 5 heteroatoms. The van der Waals surface area contributed by atoms with Crippen molar-refractivity contribution in [1.82, 2.24) is 14.7 Å². The lowest BCUT2D eigenvalue weighted by Gasteiger charge is -2.42. The average Bonchev–Trinajstić information content (AvgIpc) is 3.29. The molecule has 3 rings (SSSR count). The van der Waals surface area contributed by atoms with Gasteiger partial charge in [-0.1, -0.05) is 31.9 Å². The molecular formula is C24H37N3O2. The molecule has 1 saturated carbocycles. The second-order valence-corrected chi connectivity index (χ2v) is 8.38. The molecule has 1 aliphatic carbocycles. The van der Waals surface area contributed by atoms with E-state index in [0.717, 1.165) is 51.0 Å². The molecule has 2 fully saturated rings. The highest BCUT2D eigenvalue weighted by Gasteiger charge is 2.38. The molecule has 0 bridgehead atoms.